The van der Waals surface area contributed by atoms with E-state index in [-0.39, 0.29) is 60.6 Å². The van der Waals surface area contributed by atoms with Crippen molar-refractivity contribution in [3.63, 3.8) is 0 Å². The van der Waals surface area contributed by atoms with Gasteiger partial charge in [-0.1, -0.05) is 17.7 Å². The molecule has 1 aromatic heterocycles. The first-order chi connectivity index (χ1) is 12.0. The number of thiocarbonyl (C=S) groups is 1. The van der Waals surface area contributed by atoms with Crippen molar-refractivity contribution in [2.45, 2.75) is 21.6 Å². The maximum absolute atomic E-state index is 12.7. The summed E-state index contributed by atoms with van der Waals surface area (Å²) in [5.74, 6) is -1.91. The first kappa shape index (κ1) is 24.7. The number of carbonyl (C=O) groups is 1. The molecule has 0 aliphatic rings. The van der Waals surface area contributed by atoms with Gasteiger partial charge >= 0.3 is 51.4 Å². The van der Waals surface area contributed by atoms with Crippen LogP contribution in [0.25, 0.3) is 0 Å². The third kappa shape index (κ3) is 6.30. The number of aromatic nitrogens is 1. The van der Waals surface area contributed by atoms with E-state index in [4.69, 9.17) is 0 Å². The zero-order valence-corrected chi connectivity index (χ0v) is 20.7. The topological polar surface area (TPSA) is 125 Å². The molecule has 13 heteroatoms. The van der Waals surface area contributed by atoms with Crippen molar-refractivity contribution >= 4 is 54.7 Å². The Kier molecular flexibility index (Phi) is 9.03. The van der Waals surface area contributed by atoms with Crippen LogP contribution in [0.2, 0.25) is 0 Å². The van der Waals surface area contributed by atoms with Gasteiger partial charge in [-0.25, -0.2) is 16.8 Å². The number of hydrogen-bond acceptors (Lipinski definition) is 7. The van der Waals surface area contributed by atoms with E-state index < -0.39 is 41.1 Å². The minimum Gasteiger partial charge on any atom is -0.410 e. The Morgan fingerprint density at radius 1 is 1.07 bits per heavy atom. The SMILES string of the molecule is Cc1ccc(S(=O)(=O)c2c[nH]cc2S(=O)(=O)CC(=O)NNC(=S)[S-])cc1.[K+]. The van der Waals surface area contributed by atoms with Crippen molar-refractivity contribution in [1.82, 2.24) is 15.8 Å². The monoisotopic (exact) mass is 471 g/mol. The Morgan fingerprint density at radius 3 is 2.19 bits per heavy atom. The summed E-state index contributed by atoms with van der Waals surface area (Å²) in [7, 11) is -8.32. The second-order valence-electron chi connectivity index (χ2n) is 5.22. The Morgan fingerprint density at radius 2 is 1.63 bits per heavy atom. The number of sulfone groups is 2. The number of hydrazine groups is 1. The minimum absolute atomic E-state index is 0. The van der Waals surface area contributed by atoms with Crippen molar-refractivity contribution in [3.05, 3.63) is 42.2 Å². The number of hydrogen-bond donors (Lipinski definition) is 3. The smallest absolute Gasteiger partial charge is 0.410 e. The zero-order chi connectivity index (χ0) is 19.5. The molecule has 0 unspecified atom stereocenters. The molecule has 140 valence electrons. The van der Waals surface area contributed by atoms with E-state index >= 15 is 0 Å². The van der Waals surface area contributed by atoms with E-state index in [9.17, 15) is 21.6 Å². The van der Waals surface area contributed by atoms with Gasteiger partial charge in [0.25, 0.3) is 5.91 Å². The number of aromatic amines is 1. The number of carbonyl (C=O) groups excluding carboxylic acids is 1. The summed E-state index contributed by atoms with van der Waals surface area (Å²) in [6.07, 6.45) is 2.09. The molecule has 0 atom stereocenters. The van der Waals surface area contributed by atoms with Crippen LogP contribution in [0.15, 0.2) is 51.3 Å². The molecular weight excluding hydrogens is 458 g/mol. The summed E-state index contributed by atoms with van der Waals surface area (Å²) in [5, 5.41) is 0. The van der Waals surface area contributed by atoms with Gasteiger partial charge in [-0.05, 0) is 23.4 Å². The van der Waals surface area contributed by atoms with Crippen LogP contribution >= 0.6 is 12.2 Å². The summed E-state index contributed by atoms with van der Waals surface area (Å²) >= 11 is 9.05. The second kappa shape index (κ2) is 9.89. The first-order valence-corrected chi connectivity index (χ1v) is 11.0. The fraction of sp³-hybridized carbons (Fsp3) is 0.143. The van der Waals surface area contributed by atoms with Crippen LogP contribution in [0.1, 0.15) is 5.56 Å². The average molecular weight is 472 g/mol. The van der Waals surface area contributed by atoms with Crippen LogP contribution < -0.4 is 62.2 Å². The van der Waals surface area contributed by atoms with Gasteiger partial charge in [0.1, 0.15) is 15.5 Å². The Bertz CT molecular complexity index is 1050. The number of nitrogens with one attached hydrogen (secondary N) is 3. The number of benzene rings is 1. The van der Waals surface area contributed by atoms with E-state index in [1.54, 1.807) is 19.1 Å². The predicted octanol–water partition coefficient (Wildman–Crippen LogP) is -2.61. The van der Waals surface area contributed by atoms with Gasteiger partial charge in [0.05, 0.1) is 4.90 Å². The van der Waals surface area contributed by atoms with Gasteiger partial charge in [0.2, 0.25) is 9.84 Å². The molecule has 27 heavy (non-hydrogen) atoms. The van der Waals surface area contributed by atoms with Crippen LogP contribution in [0.5, 0.6) is 0 Å². The first-order valence-electron chi connectivity index (χ1n) is 7.01. The molecule has 0 saturated heterocycles. The van der Waals surface area contributed by atoms with Gasteiger partial charge in [-0.2, -0.15) is 0 Å². The van der Waals surface area contributed by atoms with Crippen LogP contribution in [0, 0.1) is 6.92 Å². The summed E-state index contributed by atoms with van der Waals surface area (Å²) in [4.78, 5) is 13.2. The fourth-order valence-corrected chi connectivity index (χ4v) is 5.33. The summed E-state index contributed by atoms with van der Waals surface area (Å²) in [6.45, 7) is 1.80. The van der Waals surface area contributed by atoms with Crippen molar-refractivity contribution in [3.8, 4) is 0 Å². The number of amides is 1. The Hall–Kier alpha value is -0.384. The molecule has 0 aliphatic carbocycles. The van der Waals surface area contributed by atoms with Gasteiger partial charge < -0.3 is 35.3 Å². The second-order valence-corrected chi connectivity index (χ2v) is 10.2. The molecular formula is C14H14KN3O5S4. The quantitative estimate of drug-likeness (QED) is 0.187. The van der Waals surface area contributed by atoms with Crippen molar-refractivity contribution < 1.29 is 73.0 Å². The third-order valence-electron chi connectivity index (χ3n) is 3.25. The molecule has 0 spiro atoms. The van der Waals surface area contributed by atoms with Crippen molar-refractivity contribution in [2.75, 3.05) is 5.75 Å². The van der Waals surface area contributed by atoms with Crippen molar-refractivity contribution in [2.24, 2.45) is 0 Å². The maximum atomic E-state index is 12.7. The molecule has 3 N–H and O–H groups in total. The number of rotatable bonds is 5. The molecule has 0 aliphatic heterocycles. The fourth-order valence-electron chi connectivity index (χ4n) is 2.04. The van der Waals surface area contributed by atoms with Crippen LogP contribution in [0.3, 0.4) is 0 Å². The molecule has 0 bridgehead atoms. The number of aryl methyl sites for hydroxylation is 1. The van der Waals surface area contributed by atoms with Crippen molar-refractivity contribution in [1.29, 1.82) is 0 Å². The summed E-state index contributed by atoms with van der Waals surface area (Å²) in [5.41, 5.74) is 5.02. The molecule has 1 heterocycles. The van der Waals surface area contributed by atoms with E-state index in [0.717, 1.165) is 18.0 Å². The zero-order valence-electron chi connectivity index (χ0n) is 14.3. The summed E-state index contributed by atoms with van der Waals surface area (Å²) in [6, 6.07) is 5.97. The van der Waals surface area contributed by atoms with Crippen LogP contribution in [-0.4, -0.2) is 37.8 Å². The van der Waals surface area contributed by atoms with Crippen LogP contribution in [-0.2, 0) is 37.1 Å². The van der Waals surface area contributed by atoms with Crippen LogP contribution in [0.4, 0.5) is 0 Å². The molecule has 2 aromatic rings. The predicted molar refractivity (Wildman–Crippen MR) is 101 cm³/mol. The van der Waals surface area contributed by atoms with E-state index in [0.29, 0.717) is 0 Å². The Balaban J connectivity index is 0.00000364. The van der Waals surface area contributed by atoms with E-state index in [2.05, 4.69) is 35.3 Å². The van der Waals surface area contributed by atoms with Gasteiger partial charge in [-0.3, -0.25) is 10.2 Å². The summed E-state index contributed by atoms with van der Waals surface area (Å²) < 4.78 is 50.3. The standard InChI is InChI=1S/C14H15N3O5S4.K/c1-9-2-4-10(5-3-9)26(21,22)12-7-15-6-11(12)25(19,20)8-13(18)16-17-14(23)24;/h2-7,15H,8H2,1H3,(H,16,18)(H2,17,23,24);/q;+1/p-1. The normalized spacial score (nSPS) is 11.3. The van der Waals surface area contributed by atoms with E-state index in [1.807, 2.05) is 5.43 Å². The molecule has 8 nitrogen and oxygen atoms in total. The van der Waals surface area contributed by atoms with Gasteiger partial charge in [-0.15, -0.1) is 0 Å². The molecule has 0 fully saturated rings. The molecule has 0 radical (unpaired) electrons. The van der Waals surface area contributed by atoms with Gasteiger partial charge in [0, 0.05) is 12.4 Å². The molecule has 1 amide bonds. The van der Waals surface area contributed by atoms with E-state index in [1.165, 1.54) is 12.1 Å². The maximum Gasteiger partial charge on any atom is 1.00 e. The number of H-pyrrole nitrogens is 1. The molecule has 1 aromatic carbocycles. The average Bonchev–Trinajstić information content (AvgIpc) is 3.04. The molecule has 2 rings (SSSR count). The third-order valence-corrected chi connectivity index (χ3v) is 7.05. The minimum atomic E-state index is -4.23. The van der Waals surface area contributed by atoms with Gasteiger partial charge in [0.15, 0.2) is 9.84 Å². The largest absolute Gasteiger partial charge is 1.00 e. The Labute approximate surface area is 210 Å². The molecule has 0 saturated carbocycles.